The second-order valence-electron chi connectivity index (χ2n) is 6.11. The Kier molecular flexibility index (Phi) is 6.51. The third kappa shape index (κ3) is 5.38. The molecule has 1 amide bonds. The highest BCUT2D eigenvalue weighted by molar-refractivity contribution is 5.75. The molecule has 0 radical (unpaired) electrons. The van der Waals surface area contributed by atoms with Crippen molar-refractivity contribution in [1.82, 2.24) is 24.9 Å². The molecule has 0 fully saturated rings. The molecule has 0 bridgehead atoms. The van der Waals surface area contributed by atoms with Gasteiger partial charge in [-0.05, 0) is 43.3 Å². The number of aromatic nitrogens is 4. The van der Waals surface area contributed by atoms with Crippen LogP contribution in [0, 0.1) is 0 Å². The Hall–Kier alpha value is -3.75. The Morgan fingerprint density at radius 1 is 1.03 bits per heavy atom. The zero-order valence-corrected chi connectivity index (χ0v) is 15.9. The maximum atomic E-state index is 12.1. The summed E-state index contributed by atoms with van der Waals surface area (Å²) in [4.78, 5) is 35.6. The molecule has 1 N–H and O–H groups in total. The van der Waals surface area contributed by atoms with Gasteiger partial charge in [-0.1, -0.05) is 0 Å². The Labute approximate surface area is 166 Å². The molecule has 9 heteroatoms. The second-order valence-corrected chi connectivity index (χ2v) is 6.11. The lowest BCUT2D eigenvalue weighted by Gasteiger charge is -2.09. The van der Waals surface area contributed by atoms with Crippen LogP contribution >= 0.6 is 0 Å². The summed E-state index contributed by atoms with van der Waals surface area (Å²) in [5, 5.41) is 10.8. The smallest absolute Gasteiger partial charge is 0.267 e. The van der Waals surface area contributed by atoms with E-state index < -0.39 is 0 Å². The first kappa shape index (κ1) is 20.0. The number of ether oxygens (including phenoxy) is 1. The summed E-state index contributed by atoms with van der Waals surface area (Å²) in [5.74, 6) is 0.390. The minimum absolute atomic E-state index is 0.186. The first-order chi connectivity index (χ1) is 14.1. The van der Waals surface area contributed by atoms with Crippen molar-refractivity contribution in [2.75, 3.05) is 13.2 Å². The predicted octanol–water partition coefficient (Wildman–Crippen LogP) is 0.682. The van der Waals surface area contributed by atoms with Crippen LogP contribution in [0.2, 0.25) is 0 Å². The number of nitrogens with one attached hydrogen (secondary N) is 1. The maximum Gasteiger partial charge on any atom is 0.267 e. The molecule has 150 valence electrons. The van der Waals surface area contributed by atoms with Crippen molar-refractivity contribution >= 4 is 5.91 Å². The molecule has 0 aliphatic carbocycles. The largest absolute Gasteiger partial charge is 0.494 e. The second kappa shape index (κ2) is 9.45. The van der Waals surface area contributed by atoms with Crippen molar-refractivity contribution in [3.63, 3.8) is 0 Å². The lowest BCUT2D eigenvalue weighted by atomic mass is 10.1. The van der Waals surface area contributed by atoms with Gasteiger partial charge in [0.1, 0.15) is 12.3 Å². The normalized spacial score (nSPS) is 10.5. The van der Waals surface area contributed by atoms with E-state index in [0.29, 0.717) is 12.3 Å². The molecule has 3 rings (SSSR count). The fraction of sp³-hybridized carbons (Fsp3) is 0.250. The van der Waals surface area contributed by atoms with Gasteiger partial charge in [0.2, 0.25) is 5.91 Å². The molecule has 0 spiro atoms. The maximum absolute atomic E-state index is 12.1. The van der Waals surface area contributed by atoms with E-state index in [1.807, 2.05) is 31.2 Å². The monoisotopic (exact) mass is 395 g/mol. The van der Waals surface area contributed by atoms with E-state index in [9.17, 15) is 14.4 Å². The molecule has 0 aliphatic rings. The average molecular weight is 395 g/mol. The molecule has 0 unspecified atom stereocenters. The van der Waals surface area contributed by atoms with Crippen LogP contribution in [0.1, 0.15) is 6.92 Å². The Morgan fingerprint density at radius 3 is 2.52 bits per heavy atom. The summed E-state index contributed by atoms with van der Waals surface area (Å²) in [6, 6.07) is 13.4. The fourth-order valence-electron chi connectivity index (χ4n) is 2.65. The number of benzene rings is 1. The quantitative estimate of drug-likeness (QED) is 0.601. The molecule has 2 aromatic heterocycles. The van der Waals surface area contributed by atoms with Crippen molar-refractivity contribution < 1.29 is 9.53 Å². The van der Waals surface area contributed by atoms with Gasteiger partial charge in [-0.25, -0.2) is 9.36 Å². The number of carbonyl (C=O) groups is 1. The van der Waals surface area contributed by atoms with Crippen molar-refractivity contribution in [2.24, 2.45) is 0 Å². The SMILES string of the molecule is CCOc1ccc(-c2ccc(=O)n(CCNC(=O)Cn3ncccc3=O)n2)cc1. The summed E-state index contributed by atoms with van der Waals surface area (Å²) < 4.78 is 7.78. The van der Waals surface area contributed by atoms with E-state index in [1.165, 1.54) is 29.1 Å². The number of nitrogens with zero attached hydrogens (tertiary/aromatic N) is 4. The molecule has 29 heavy (non-hydrogen) atoms. The molecular formula is C20H21N5O4. The van der Waals surface area contributed by atoms with Crippen LogP contribution in [-0.2, 0) is 17.9 Å². The van der Waals surface area contributed by atoms with Crippen molar-refractivity contribution in [2.45, 2.75) is 20.0 Å². The van der Waals surface area contributed by atoms with Crippen LogP contribution in [-0.4, -0.2) is 38.6 Å². The minimum Gasteiger partial charge on any atom is -0.494 e. The van der Waals surface area contributed by atoms with Crippen molar-refractivity contribution in [3.05, 3.63) is 75.4 Å². The van der Waals surface area contributed by atoms with E-state index in [2.05, 4.69) is 15.5 Å². The van der Waals surface area contributed by atoms with Gasteiger partial charge in [-0.3, -0.25) is 14.4 Å². The first-order valence-electron chi connectivity index (χ1n) is 9.17. The molecule has 0 aliphatic heterocycles. The van der Waals surface area contributed by atoms with Crippen LogP contribution in [0.4, 0.5) is 0 Å². The van der Waals surface area contributed by atoms with E-state index in [1.54, 1.807) is 6.07 Å². The van der Waals surface area contributed by atoms with Crippen molar-refractivity contribution in [3.8, 4) is 17.0 Å². The van der Waals surface area contributed by atoms with Crippen LogP contribution in [0.15, 0.2) is 64.3 Å². The number of hydrogen-bond acceptors (Lipinski definition) is 6. The van der Waals surface area contributed by atoms with E-state index in [0.717, 1.165) is 16.0 Å². The van der Waals surface area contributed by atoms with Crippen LogP contribution in [0.3, 0.4) is 0 Å². The fourth-order valence-corrected chi connectivity index (χ4v) is 2.65. The van der Waals surface area contributed by atoms with Gasteiger partial charge < -0.3 is 10.1 Å². The Balaban J connectivity index is 1.61. The van der Waals surface area contributed by atoms with E-state index in [4.69, 9.17) is 4.74 Å². The summed E-state index contributed by atoms with van der Waals surface area (Å²) >= 11 is 0. The molecule has 9 nitrogen and oxygen atoms in total. The highest BCUT2D eigenvalue weighted by Gasteiger charge is 2.07. The van der Waals surface area contributed by atoms with Crippen LogP contribution < -0.4 is 21.2 Å². The third-order valence-corrected chi connectivity index (χ3v) is 4.05. The lowest BCUT2D eigenvalue weighted by molar-refractivity contribution is -0.121. The molecule has 2 heterocycles. The van der Waals surface area contributed by atoms with E-state index >= 15 is 0 Å². The highest BCUT2D eigenvalue weighted by Crippen LogP contribution is 2.19. The molecule has 0 atom stereocenters. The molecule has 1 aromatic carbocycles. The Morgan fingerprint density at radius 2 is 1.79 bits per heavy atom. The van der Waals surface area contributed by atoms with Crippen LogP contribution in [0.25, 0.3) is 11.3 Å². The Bertz CT molecular complexity index is 1090. The summed E-state index contributed by atoms with van der Waals surface area (Å²) in [7, 11) is 0. The van der Waals surface area contributed by atoms with Crippen LogP contribution in [0.5, 0.6) is 5.75 Å². The third-order valence-electron chi connectivity index (χ3n) is 4.05. The van der Waals surface area contributed by atoms with Gasteiger partial charge in [0.05, 0.1) is 18.8 Å². The summed E-state index contributed by atoms with van der Waals surface area (Å²) in [6.07, 6.45) is 1.44. The van der Waals surface area contributed by atoms with Gasteiger partial charge in [0.15, 0.2) is 0 Å². The predicted molar refractivity (Wildman–Crippen MR) is 107 cm³/mol. The molecule has 0 saturated carbocycles. The number of amides is 1. The van der Waals surface area contributed by atoms with Gasteiger partial charge in [-0.15, -0.1) is 0 Å². The van der Waals surface area contributed by atoms with Gasteiger partial charge >= 0.3 is 0 Å². The van der Waals surface area contributed by atoms with E-state index in [-0.39, 0.29) is 36.7 Å². The topological polar surface area (TPSA) is 108 Å². The molecular weight excluding hydrogens is 374 g/mol. The zero-order valence-electron chi connectivity index (χ0n) is 15.9. The standard InChI is InChI=1S/C20H21N5O4/c1-2-29-16-7-5-15(6-8-16)17-9-10-20(28)24(23-17)13-12-21-18(26)14-25-19(27)4-3-11-22-25/h3-11H,2,12-14H2,1H3,(H,21,26). The number of hydrogen-bond donors (Lipinski definition) is 1. The summed E-state index contributed by atoms with van der Waals surface area (Å²) in [5.41, 5.74) is 0.859. The molecule has 3 aromatic rings. The molecule has 0 saturated heterocycles. The minimum atomic E-state index is -0.374. The lowest BCUT2D eigenvalue weighted by Crippen LogP contribution is -2.36. The van der Waals surface area contributed by atoms with Gasteiger partial charge in [0, 0.05) is 30.4 Å². The number of rotatable bonds is 8. The van der Waals surface area contributed by atoms with Crippen molar-refractivity contribution in [1.29, 1.82) is 0 Å². The first-order valence-corrected chi connectivity index (χ1v) is 9.17. The van der Waals surface area contributed by atoms with Gasteiger partial charge in [-0.2, -0.15) is 10.2 Å². The number of carbonyl (C=O) groups excluding carboxylic acids is 1. The summed E-state index contributed by atoms with van der Waals surface area (Å²) in [6.45, 7) is 2.71. The van der Waals surface area contributed by atoms with Gasteiger partial charge in [0.25, 0.3) is 11.1 Å². The zero-order chi connectivity index (χ0) is 20.6. The average Bonchev–Trinajstić information content (AvgIpc) is 2.72. The highest BCUT2D eigenvalue weighted by atomic mass is 16.5.